The van der Waals surface area contributed by atoms with Crippen LogP contribution in [-0.4, -0.2) is 11.0 Å². The Bertz CT molecular complexity index is 274. The maximum Gasteiger partial charge on any atom is 0.0528 e. The first-order chi connectivity index (χ1) is 8.86. The Morgan fingerprint density at radius 2 is 1.72 bits per heavy atom. The van der Waals surface area contributed by atoms with Crippen LogP contribution in [0.2, 0.25) is 0 Å². The van der Waals surface area contributed by atoms with E-state index in [0.29, 0.717) is 6.04 Å². The van der Waals surface area contributed by atoms with Crippen LogP contribution in [0, 0.1) is 0 Å². The van der Waals surface area contributed by atoms with Gasteiger partial charge in [-0.05, 0) is 25.0 Å². The molecule has 0 aromatic carbocycles. The average Bonchev–Trinajstić information content (AvgIpc) is 2.40. The molecule has 0 unspecified atom stereocenters. The first-order valence-electron chi connectivity index (χ1n) is 7.53. The fourth-order valence-electron chi connectivity index (χ4n) is 2.25. The molecule has 0 aliphatic heterocycles. The van der Waals surface area contributed by atoms with E-state index >= 15 is 0 Å². The third-order valence-electron chi connectivity index (χ3n) is 3.34. The largest absolute Gasteiger partial charge is 0.381 e. The highest BCUT2D eigenvalue weighted by atomic mass is 14.9. The van der Waals surface area contributed by atoms with Crippen LogP contribution in [0.5, 0.6) is 0 Å². The van der Waals surface area contributed by atoms with Crippen LogP contribution in [0.1, 0.15) is 65.2 Å². The lowest BCUT2D eigenvalue weighted by Gasteiger charge is -2.19. The van der Waals surface area contributed by atoms with Gasteiger partial charge in [-0.15, -0.1) is 0 Å². The fraction of sp³-hybridized carbons (Fsp3) is 0.688. The van der Waals surface area contributed by atoms with Gasteiger partial charge in [0.1, 0.15) is 0 Å². The summed E-state index contributed by atoms with van der Waals surface area (Å²) >= 11 is 0. The first-order valence-corrected chi connectivity index (χ1v) is 7.53. The average molecular weight is 248 g/mol. The van der Waals surface area contributed by atoms with Gasteiger partial charge in [-0.25, -0.2) is 0 Å². The number of unbranched alkanes of at least 4 members (excludes halogenated alkanes) is 4. The Kier molecular flexibility index (Phi) is 8.28. The summed E-state index contributed by atoms with van der Waals surface area (Å²) in [5, 5.41) is 3.63. The molecule has 1 rings (SSSR count). The summed E-state index contributed by atoms with van der Waals surface area (Å²) in [4.78, 5) is 4.17. The van der Waals surface area contributed by atoms with Gasteiger partial charge in [-0.1, -0.05) is 52.4 Å². The number of rotatable bonds is 10. The van der Waals surface area contributed by atoms with Gasteiger partial charge in [0, 0.05) is 18.4 Å². The van der Waals surface area contributed by atoms with Crippen LogP contribution in [0.4, 0.5) is 5.69 Å². The van der Waals surface area contributed by atoms with E-state index in [0.717, 1.165) is 5.69 Å². The molecule has 2 heteroatoms. The Labute approximate surface area is 112 Å². The van der Waals surface area contributed by atoms with Gasteiger partial charge in [0.15, 0.2) is 0 Å². The van der Waals surface area contributed by atoms with Crippen molar-refractivity contribution in [1.29, 1.82) is 0 Å². The lowest BCUT2D eigenvalue weighted by molar-refractivity contribution is 0.526. The van der Waals surface area contributed by atoms with Crippen LogP contribution in [0.3, 0.4) is 0 Å². The standard InChI is InChI=1S/C16H28N2/c1-3-5-7-10-15(11-8-6-4-2)18-16-12-9-13-17-14-16/h9,12-15,18H,3-8,10-11H2,1-2H3. The lowest BCUT2D eigenvalue weighted by atomic mass is 10.0. The molecular formula is C16H28N2. The molecule has 0 fully saturated rings. The lowest BCUT2D eigenvalue weighted by Crippen LogP contribution is -2.19. The molecule has 1 N–H and O–H groups in total. The zero-order chi connectivity index (χ0) is 13.1. The van der Waals surface area contributed by atoms with Crippen molar-refractivity contribution in [2.24, 2.45) is 0 Å². The minimum atomic E-state index is 0.618. The summed E-state index contributed by atoms with van der Waals surface area (Å²) in [7, 11) is 0. The molecule has 2 nitrogen and oxygen atoms in total. The predicted octanol–water partition coefficient (Wildman–Crippen LogP) is 5.02. The number of hydrogen-bond donors (Lipinski definition) is 1. The second kappa shape index (κ2) is 9.93. The summed E-state index contributed by atoms with van der Waals surface area (Å²) in [5.74, 6) is 0. The topological polar surface area (TPSA) is 24.9 Å². The molecule has 0 saturated carbocycles. The molecule has 0 radical (unpaired) electrons. The van der Waals surface area contributed by atoms with Gasteiger partial charge < -0.3 is 5.32 Å². The first kappa shape index (κ1) is 15.0. The Balaban J connectivity index is 2.37. The zero-order valence-corrected chi connectivity index (χ0v) is 12.0. The molecule has 0 bridgehead atoms. The molecule has 1 aromatic heterocycles. The summed E-state index contributed by atoms with van der Waals surface area (Å²) in [6.07, 6.45) is 14.3. The Morgan fingerprint density at radius 3 is 2.22 bits per heavy atom. The van der Waals surface area contributed by atoms with Gasteiger partial charge in [0.2, 0.25) is 0 Å². The van der Waals surface area contributed by atoms with Crippen molar-refractivity contribution in [3.05, 3.63) is 24.5 Å². The number of anilines is 1. The molecule has 1 aromatic rings. The van der Waals surface area contributed by atoms with E-state index in [9.17, 15) is 0 Å². The quantitative estimate of drug-likeness (QED) is 0.588. The van der Waals surface area contributed by atoms with Crippen LogP contribution >= 0.6 is 0 Å². The molecule has 1 heterocycles. The molecule has 0 spiro atoms. The van der Waals surface area contributed by atoms with E-state index in [4.69, 9.17) is 0 Å². The molecular weight excluding hydrogens is 220 g/mol. The second-order valence-corrected chi connectivity index (χ2v) is 5.07. The third kappa shape index (κ3) is 6.63. The van der Waals surface area contributed by atoms with Crippen molar-refractivity contribution >= 4 is 5.69 Å². The van der Waals surface area contributed by atoms with Crippen molar-refractivity contribution in [3.8, 4) is 0 Å². The highest BCUT2D eigenvalue weighted by Gasteiger charge is 2.07. The van der Waals surface area contributed by atoms with E-state index in [-0.39, 0.29) is 0 Å². The van der Waals surface area contributed by atoms with Crippen molar-refractivity contribution in [2.75, 3.05) is 5.32 Å². The normalized spacial score (nSPS) is 10.8. The van der Waals surface area contributed by atoms with Gasteiger partial charge in [-0.3, -0.25) is 4.98 Å². The SMILES string of the molecule is CCCCCC(CCCCC)Nc1cccnc1. The van der Waals surface area contributed by atoms with Crippen LogP contribution in [0.15, 0.2) is 24.5 Å². The maximum atomic E-state index is 4.17. The molecule has 102 valence electrons. The monoisotopic (exact) mass is 248 g/mol. The Morgan fingerprint density at radius 1 is 1.06 bits per heavy atom. The predicted molar refractivity (Wildman–Crippen MR) is 79.9 cm³/mol. The van der Waals surface area contributed by atoms with Gasteiger partial charge in [0.25, 0.3) is 0 Å². The zero-order valence-electron chi connectivity index (χ0n) is 12.0. The van der Waals surface area contributed by atoms with Gasteiger partial charge >= 0.3 is 0 Å². The van der Waals surface area contributed by atoms with Crippen molar-refractivity contribution in [2.45, 2.75) is 71.3 Å². The van der Waals surface area contributed by atoms with Crippen LogP contribution < -0.4 is 5.32 Å². The highest BCUT2D eigenvalue weighted by molar-refractivity contribution is 5.40. The van der Waals surface area contributed by atoms with Crippen molar-refractivity contribution in [1.82, 2.24) is 4.98 Å². The number of hydrogen-bond acceptors (Lipinski definition) is 2. The fourth-order valence-corrected chi connectivity index (χ4v) is 2.25. The number of nitrogens with zero attached hydrogens (tertiary/aromatic N) is 1. The highest BCUT2D eigenvalue weighted by Crippen LogP contribution is 2.16. The van der Waals surface area contributed by atoms with E-state index < -0.39 is 0 Å². The molecule has 18 heavy (non-hydrogen) atoms. The second-order valence-electron chi connectivity index (χ2n) is 5.07. The molecule has 0 amide bonds. The van der Waals surface area contributed by atoms with Gasteiger partial charge in [-0.2, -0.15) is 0 Å². The molecule has 0 aliphatic rings. The van der Waals surface area contributed by atoms with Gasteiger partial charge in [0.05, 0.1) is 5.69 Å². The van der Waals surface area contributed by atoms with E-state index in [1.165, 1.54) is 51.4 Å². The van der Waals surface area contributed by atoms with Crippen molar-refractivity contribution < 1.29 is 0 Å². The minimum Gasteiger partial charge on any atom is -0.381 e. The van der Waals surface area contributed by atoms with E-state index in [2.05, 4.69) is 30.2 Å². The molecule has 0 saturated heterocycles. The summed E-state index contributed by atoms with van der Waals surface area (Å²) in [6, 6.07) is 4.73. The van der Waals surface area contributed by atoms with E-state index in [1.54, 1.807) is 0 Å². The van der Waals surface area contributed by atoms with Crippen molar-refractivity contribution in [3.63, 3.8) is 0 Å². The summed E-state index contributed by atoms with van der Waals surface area (Å²) in [5.41, 5.74) is 1.16. The summed E-state index contributed by atoms with van der Waals surface area (Å²) < 4.78 is 0. The Hall–Kier alpha value is -1.05. The molecule has 0 atom stereocenters. The smallest absolute Gasteiger partial charge is 0.0528 e. The molecule has 0 aliphatic carbocycles. The van der Waals surface area contributed by atoms with E-state index in [1.807, 2.05) is 18.5 Å². The van der Waals surface area contributed by atoms with Crippen LogP contribution in [0.25, 0.3) is 0 Å². The number of aromatic nitrogens is 1. The third-order valence-corrected chi connectivity index (χ3v) is 3.34. The van der Waals surface area contributed by atoms with Crippen LogP contribution in [-0.2, 0) is 0 Å². The number of nitrogens with one attached hydrogen (secondary N) is 1. The minimum absolute atomic E-state index is 0.618. The summed E-state index contributed by atoms with van der Waals surface area (Å²) in [6.45, 7) is 4.53. The number of pyridine rings is 1. The maximum absolute atomic E-state index is 4.17.